The SMILES string of the molecule is CC(=O)OC1CC[C@]2(C)C3=C(CC[C@H]2C1(C)C)[C@]1(C)CC[C@H]([C@H](C)CCCC(C)(C)OC(=O)C(C)CSSCC(C)C(=O)O)[C@@]1(C)CC3. The maximum atomic E-state index is 12.9. The minimum Gasteiger partial charge on any atom is -0.481 e. The highest BCUT2D eigenvalue weighted by atomic mass is 33.1. The van der Waals surface area contributed by atoms with Crippen molar-refractivity contribution in [2.24, 2.45) is 51.2 Å². The lowest BCUT2D eigenvalue weighted by Gasteiger charge is -2.62. The van der Waals surface area contributed by atoms with E-state index in [0.29, 0.717) is 34.7 Å². The van der Waals surface area contributed by atoms with E-state index in [1.54, 1.807) is 35.8 Å². The molecule has 6 nitrogen and oxygen atoms in total. The van der Waals surface area contributed by atoms with Crippen molar-refractivity contribution in [2.75, 3.05) is 11.5 Å². The zero-order valence-electron chi connectivity index (χ0n) is 32.0. The predicted octanol–water partition coefficient (Wildman–Crippen LogP) is 10.5. The Labute approximate surface area is 299 Å². The Hall–Kier alpha value is -1.15. The molecule has 0 saturated heterocycles. The smallest absolute Gasteiger partial charge is 0.310 e. The molecular weight excluding hydrogens is 641 g/mol. The van der Waals surface area contributed by atoms with Crippen LogP contribution < -0.4 is 0 Å². The number of carbonyl (C=O) groups excluding carboxylic acids is 2. The maximum absolute atomic E-state index is 12.9. The number of carboxylic acid groups (broad SMARTS) is 1. The largest absolute Gasteiger partial charge is 0.481 e. The van der Waals surface area contributed by atoms with Gasteiger partial charge in [-0.3, -0.25) is 14.4 Å². The fourth-order valence-electron chi connectivity index (χ4n) is 10.9. The number of allylic oxidation sites excluding steroid dienone is 2. The Bertz CT molecular complexity index is 1240. The van der Waals surface area contributed by atoms with E-state index in [1.165, 1.54) is 49.3 Å². The van der Waals surface area contributed by atoms with E-state index in [0.717, 1.165) is 32.1 Å². The lowest BCUT2D eigenvalue weighted by atomic mass is 9.43. The number of rotatable bonds is 14. The van der Waals surface area contributed by atoms with Gasteiger partial charge in [-0.05, 0) is 112 Å². The van der Waals surface area contributed by atoms with Crippen LogP contribution in [0.5, 0.6) is 0 Å². The molecule has 1 N–H and O–H groups in total. The summed E-state index contributed by atoms with van der Waals surface area (Å²) in [5.74, 6) is 1.29. The molecule has 0 spiro atoms. The molecule has 274 valence electrons. The van der Waals surface area contributed by atoms with Gasteiger partial charge in [0, 0.05) is 23.8 Å². The van der Waals surface area contributed by atoms with Gasteiger partial charge in [0.15, 0.2) is 0 Å². The lowest BCUT2D eigenvalue weighted by Crippen LogP contribution is -2.55. The molecular formula is C40H66O6S2. The first-order valence-corrected chi connectivity index (χ1v) is 21.3. The van der Waals surface area contributed by atoms with Crippen LogP contribution in [0.25, 0.3) is 0 Å². The Kier molecular flexibility index (Phi) is 12.2. The molecule has 3 unspecified atom stereocenters. The quantitative estimate of drug-likeness (QED) is 0.0826. The van der Waals surface area contributed by atoms with E-state index in [-0.39, 0.29) is 40.2 Å². The van der Waals surface area contributed by atoms with Crippen LogP contribution in [0.3, 0.4) is 0 Å². The molecule has 8 heteroatoms. The average molecular weight is 707 g/mol. The maximum Gasteiger partial charge on any atom is 0.310 e. The van der Waals surface area contributed by atoms with Crippen LogP contribution in [0.15, 0.2) is 11.1 Å². The van der Waals surface area contributed by atoms with Gasteiger partial charge in [-0.15, -0.1) is 0 Å². The third-order valence-corrected chi connectivity index (χ3v) is 16.9. The average Bonchev–Trinajstić information content (AvgIpc) is 3.27. The fourth-order valence-corrected chi connectivity index (χ4v) is 13.6. The molecule has 0 radical (unpaired) electrons. The fraction of sp³-hybridized carbons (Fsp3) is 0.875. The van der Waals surface area contributed by atoms with Crippen LogP contribution in [-0.2, 0) is 23.9 Å². The van der Waals surface area contributed by atoms with Gasteiger partial charge in [-0.25, -0.2) is 0 Å². The first-order chi connectivity index (χ1) is 22.2. The van der Waals surface area contributed by atoms with Crippen molar-refractivity contribution >= 4 is 39.5 Å². The second-order valence-corrected chi connectivity index (χ2v) is 20.6. The standard InChI is InChI=1S/C40H66O6S2/c1-25(13-12-19-36(5,6)46-35(44)27(3)24-48-47-23-26(2)34(42)43)29-16-21-40(11)31-14-15-32-37(7,8)33(45-28(4)41)18-20-38(32,9)30(31)17-22-39(29,40)10/h25-27,29,32-33H,12-24H2,1-11H3,(H,42,43)/t25-,26?,27?,29-,32+,33?,38-,39-,40+/m1/s1. The molecule has 0 aromatic heterocycles. The topological polar surface area (TPSA) is 89.9 Å². The molecule has 0 amide bonds. The summed E-state index contributed by atoms with van der Waals surface area (Å²) in [5, 5.41) is 9.06. The summed E-state index contributed by atoms with van der Waals surface area (Å²) in [6.07, 6.45) is 12.6. The van der Waals surface area contributed by atoms with Crippen molar-refractivity contribution < 1.29 is 29.0 Å². The van der Waals surface area contributed by atoms with Gasteiger partial charge in [0.05, 0.1) is 11.8 Å². The van der Waals surface area contributed by atoms with Crippen molar-refractivity contribution in [3.63, 3.8) is 0 Å². The Morgan fingerprint density at radius 3 is 2.17 bits per heavy atom. The van der Waals surface area contributed by atoms with E-state index in [9.17, 15) is 14.4 Å². The number of hydrogen-bond acceptors (Lipinski definition) is 7. The monoisotopic (exact) mass is 706 g/mol. The summed E-state index contributed by atoms with van der Waals surface area (Å²) in [6.45, 7) is 24.2. The molecule has 0 heterocycles. The van der Waals surface area contributed by atoms with E-state index < -0.39 is 17.5 Å². The van der Waals surface area contributed by atoms with Crippen LogP contribution in [0.4, 0.5) is 0 Å². The zero-order valence-corrected chi connectivity index (χ0v) is 33.6. The minimum atomic E-state index is -0.786. The van der Waals surface area contributed by atoms with Gasteiger partial charge in [-0.1, -0.05) is 94.5 Å². The number of fused-ring (bicyclic) bond motifs is 4. The molecule has 4 aliphatic rings. The van der Waals surface area contributed by atoms with E-state index in [2.05, 4.69) is 41.5 Å². The summed E-state index contributed by atoms with van der Waals surface area (Å²) in [4.78, 5) is 35.9. The van der Waals surface area contributed by atoms with E-state index in [4.69, 9.17) is 14.6 Å². The van der Waals surface area contributed by atoms with Crippen LogP contribution in [0.1, 0.15) is 147 Å². The van der Waals surface area contributed by atoms with Gasteiger partial charge in [-0.2, -0.15) is 0 Å². The summed E-state index contributed by atoms with van der Waals surface area (Å²) in [5.41, 5.74) is 3.78. The number of esters is 2. The molecule has 9 atom stereocenters. The molecule has 4 rings (SSSR count). The van der Waals surface area contributed by atoms with Crippen LogP contribution in [0, 0.1) is 51.2 Å². The summed E-state index contributed by atoms with van der Waals surface area (Å²) >= 11 is 0. The van der Waals surface area contributed by atoms with E-state index in [1.807, 2.05) is 20.8 Å². The van der Waals surface area contributed by atoms with Crippen molar-refractivity contribution in [2.45, 2.75) is 158 Å². The molecule has 2 saturated carbocycles. The second kappa shape index (κ2) is 14.8. The number of carbonyl (C=O) groups is 3. The van der Waals surface area contributed by atoms with Crippen LogP contribution in [0.2, 0.25) is 0 Å². The Morgan fingerprint density at radius 2 is 1.54 bits per heavy atom. The number of ether oxygens (including phenoxy) is 2. The van der Waals surface area contributed by atoms with Crippen molar-refractivity contribution in [1.29, 1.82) is 0 Å². The Morgan fingerprint density at radius 1 is 0.896 bits per heavy atom. The molecule has 2 fully saturated rings. The highest BCUT2D eigenvalue weighted by Gasteiger charge is 2.63. The summed E-state index contributed by atoms with van der Waals surface area (Å²) < 4.78 is 11.9. The summed E-state index contributed by atoms with van der Waals surface area (Å²) in [6, 6.07) is 0. The lowest BCUT2D eigenvalue weighted by molar-refractivity contribution is -0.167. The second-order valence-electron chi connectivity index (χ2n) is 18.1. The highest BCUT2D eigenvalue weighted by Crippen LogP contribution is 2.72. The normalized spacial score (nSPS) is 34.7. The van der Waals surface area contributed by atoms with Gasteiger partial charge >= 0.3 is 17.9 Å². The van der Waals surface area contributed by atoms with Gasteiger partial charge in [0.2, 0.25) is 0 Å². The van der Waals surface area contributed by atoms with Crippen molar-refractivity contribution in [3.05, 3.63) is 11.1 Å². The molecule has 0 aromatic carbocycles. The van der Waals surface area contributed by atoms with Crippen molar-refractivity contribution in [3.8, 4) is 0 Å². The van der Waals surface area contributed by atoms with E-state index >= 15 is 0 Å². The predicted molar refractivity (Wildman–Crippen MR) is 199 cm³/mol. The van der Waals surface area contributed by atoms with Gasteiger partial charge in [0.25, 0.3) is 0 Å². The number of hydrogen-bond donors (Lipinski definition) is 1. The number of carboxylic acids is 1. The minimum absolute atomic E-state index is 0.0113. The molecule has 0 bridgehead atoms. The van der Waals surface area contributed by atoms with Crippen LogP contribution >= 0.6 is 21.6 Å². The number of aliphatic carboxylic acids is 1. The van der Waals surface area contributed by atoms with Gasteiger partial charge < -0.3 is 14.6 Å². The first kappa shape index (κ1) is 39.6. The molecule has 0 aliphatic heterocycles. The molecule has 0 aromatic rings. The third-order valence-electron chi connectivity index (χ3n) is 14.1. The summed E-state index contributed by atoms with van der Waals surface area (Å²) in [7, 11) is 3.06. The Balaban J connectivity index is 1.34. The molecule has 48 heavy (non-hydrogen) atoms. The van der Waals surface area contributed by atoms with Crippen molar-refractivity contribution in [1.82, 2.24) is 0 Å². The van der Waals surface area contributed by atoms with Gasteiger partial charge in [0.1, 0.15) is 11.7 Å². The molecule has 4 aliphatic carbocycles. The highest BCUT2D eigenvalue weighted by molar-refractivity contribution is 8.76. The zero-order chi connectivity index (χ0) is 35.9. The first-order valence-electron chi connectivity index (χ1n) is 18.8. The third kappa shape index (κ3) is 7.70. The van der Waals surface area contributed by atoms with Crippen LogP contribution in [-0.4, -0.2) is 46.2 Å².